The first kappa shape index (κ1) is 16.2. The van der Waals surface area contributed by atoms with Crippen LogP contribution in [-0.2, 0) is 11.2 Å². The fourth-order valence-electron chi connectivity index (χ4n) is 3.18. The number of aliphatic imine (C=N–C) groups is 1. The average Bonchev–Trinajstić information content (AvgIpc) is 2.71. The molecule has 0 aliphatic carbocycles. The number of rotatable bonds is 4. The van der Waals surface area contributed by atoms with Crippen molar-refractivity contribution in [2.24, 2.45) is 4.99 Å². The minimum Gasteiger partial charge on any atom is -0.292 e. The van der Waals surface area contributed by atoms with E-state index in [1.165, 1.54) is 0 Å². The molecule has 0 fully saturated rings. The molecular formula is C23H18N2O. The van der Waals surface area contributed by atoms with Gasteiger partial charge in [-0.3, -0.25) is 14.8 Å². The van der Waals surface area contributed by atoms with Crippen molar-refractivity contribution >= 4 is 11.5 Å². The van der Waals surface area contributed by atoms with Gasteiger partial charge in [-0.1, -0.05) is 66.7 Å². The summed E-state index contributed by atoms with van der Waals surface area (Å²) < 4.78 is 0. The Morgan fingerprint density at radius 3 is 2.54 bits per heavy atom. The Labute approximate surface area is 152 Å². The molecule has 4 rings (SSSR count). The minimum absolute atomic E-state index is 0.0570. The Bertz CT molecular complexity index is 975. The lowest BCUT2D eigenvalue weighted by Gasteiger charge is -2.17. The van der Waals surface area contributed by atoms with E-state index < -0.39 is 0 Å². The topological polar surface area (TPSA) is 42.3 Å². The zero-order valence-corrected chi connectivity index (χ0v) is 14.2. The lowest BCUT2D eigenvalue weighted by Crippen LogP contribution is -2.25. The molecule has 0 saturated heterocycles. The second kappa shape index (κ2) is 7.28. The van der Waals surface area contributed by atoms with E-state index in [1.807, 2.05) is 48.5 Å². The highest BCUT2D eigenvalue weighted by atomic mass is 16.1. The first-order valence-electron chi connectivity index (χ1n) is 8.63. The Balaban J connectivity index is 1.60. The Morgan fingerprint density at radius 1 is 0.885 bits per heavy atom. The van der Waals surface area contributed by atoms with Gasteiger partial charge in [-0.25, -0.2) is 0 Å². The quantitative estimate of drug-likeness (QED) is 0.697. The molecule has 1 aliphatic heterocycles. The summed E-state index contributed by atoms with van der Waals surface area (Å²) in [4.78, 5) is 21.4. The van der Waals surface area contributed by atoms with Crippen LogP contribution >= 0.6 is 0 Å². The van der Waals surface area contributed by atoms with Crippen molar-refractivity contribution in [1.82, 2.24) is 4.98 Å². The number of carbonyl (C=O) groups excluding carboxylic acids is 1. The fraction of sp³-hybridized carbons (Fsp3) is 0.0870. The number of benzene rings is 2. The van der Waals surface area contributed by atoms with Crippen molar-refractivity contribution in [1.29, 1.82) is 0 Å². The average molecular weight is 338 g/mol. The summed E-state index contributed by atoms with van der Waals surface area (Å²) in [6, 6.07) is 22.2. The van der Waals surface area contributed by atoms with Gasteiger partial charge in [0.1, 0.15) is 0 Å². The number of Topliss-reactive ketones (excluding diaryl/α,β-unsaturated/α-hetero) is 1. The molecule has 1 atom stereocenters. The van der Waals surface area contributed by atoms with Gasteiger partial charge < -0.3 is 0 Å². The van der Waals surface area contributed by atoms with Gasteiger partial charge in [-0.2, -0.15) is 0 Å². The summed E-state index contributed by atoms with van der Waals surface area (Å²) in [5.41, 5.74) is 4.82. The molecule has 26 heavy (non-hydrogen) atoms. The van der Waals surface area contributed by atoms with Crippen molar-refractivity contribution in [3.63, 3.8) is 0 Å². The molecule has 126 valence electrons. The molecule has 3 nitrogen and oxygen atoms in total. The van der Waals surface area contributed by atoms with Gasteiger partial charge in [-0.15, -0.1) is 0 Å². The molecule has 2 aromatic carbocycles. The molecule has 0 spiro atoms. The smallest absolute Gasteiger partial charge is 0.188 e. The molecule has 1 aliphatic rings. The second-order valence-corrected chi connectivity index (χ2v) is 6.29. The summed E-state index contributed by atoms with van der Waals surface area (Å²) in [7, 11) is 0. The Hall–Kier alpha value is -3.33. The maximum absolute atomic E-state index is 13.0. The molecule has 0 bridgehead atoms. The summed E-state index contributed by atoms with van der Waals surface area (Å²) in [6.07, 6.45) is 7.63. The van der Waals surface area contributed by atoms with Crippen LogP contribution in [0.3, 0.4) is 0 Å². The van der Waals surface area contributed by atoms with Crippen molar-refractivity contribution in [3.8, 4) is 11.1 Å². The lowest BCUT2D eigenvalue weighted by atomic mass is 9.87. The predicted molar refractivity (Wildman–Crippen MR) is 104 cm³/mol. The van der Waals surface area contributed by atoms with E-state index >= 15 is 0 Å². The number of nitrogens with zero attached hydrogens (tertiary/aromatic N) is 2. The van der Waals surface area contributed by atoms with E-state index in [0.29, 0.717) is 12.1 Å². The molecule has 0 radical (unpaired) electrons. The van der Waals surface area contributed by atoms with Crippen LogP contribution < -0.4 is 0 Å². The second-order valence-electron chi connectivity index (χ2n) is 6.29. The van der Waals surface area contributed by atoms with E-state index in [0.717, 1.165) is 22.3 Å². The summed E-state index contributed by atoms with van der Waals surface area (Å²) in [5, 5.41) is 0. The predicted octanol–water partition coefficient (Wildman–Crippen LogP) is 4.61. The van der Waals surface area contributed by atoms with Gasteiger partial charge in [0, 0.05) is 25.0 Å². The van der Waals surface area contributed by atoms with Crippen LogP contribution in [0.2, 0.25) is 0 Å². The van der Waals surface area contributed by atoms with Crippen molar-refractivity contribution < 1.29 is 4.79 Å². The fourth-order valence-corrected chi connectivity index (χ4v) is 3.18. The third-order valence-corrected chi connectivity index (χ3v) is 4.52. The van der Waals surface area contributed by atoms with Crippen LogP contribution in [-0.4, -0.2) is 16.5 Å². The number of hydrogen-bond donors (Lipinski definition) is 0. The monoisotopic (exact) mass is 338 g/mol. The molecule has 1 unspecified atom stereocenters. The first-order valence-corrected chi connectivity index (χ1v) is 8.63. The molecule has 0 N–H and O–H groups in total. The van der Waals surface area contributed by atoms with Gasteiger partial charge in [0.2, 0.25) is 0 Å². The molecule has 0 amide bonds. The van der Waals surface area contributed by atoms with Crippen LogP contribution in [0.25, 0.3) is 11.1 Å². The zero-order chi connectivity index (χ0) is 17.8. The number of allylic oxidation sites excluding steroid dienone is 1. The van der Waals surface area contributed by atoms with Crippen molar-refractivity contribution in [3.05, 3.63) is 103 Å². The highest BCUT2D eigenvalue weighted by molar-refractivity contribution is 6.43. The van der Waals surface area contributed by atoms with Gasteiger partial charge in [0.25, 0.3) is 0 Å². The van der Waals surface area contributed by atoms with Gasteiger partial charge in [0.15, 0.2) is 5.78 Å². The molecule has 3 heteroatoms. The number of ketones is 1. The van der Waals surface area contributed by atoms with Gasteiger partial charge in [-0.05, 0) is 28.3 Å². The van der Waals surface area contributed by atoms with Crippen LogP contribution in [0.1, 0.15) is 17.0 Å². The third kappa shape index (κ3) is 3.38. The standard InChI is InChI=1S/C23H18N2O/c26-23-21(11-13-25-22(23)14-17-6-5-12-24-16-17)20-10-4-9-19(15-20)18-7-2-1-3-8-18/h1-13,15-16,21H,14H2. The van der Waals surface area contributed by atoms with Crippen LogP contribution in [0.5, 0.6) is 0 Å². The van der Waals surface area contributed by atoms with Gasteiger partial charge >= 0.3 is 0 Å². The largest absolute Gasteiger partial charge is 0.292 e. The zero-order valence-electron chi connectivity index (χ0n) is 14.2. The lowest BCUT2D eigenvalue weighted by molar-refractivity contribution is -0.113. The van der Waals surface area contributed by atoms with Crippen LogP contribution in [0, 0.1) is 0 Å². The van der Waals surface area contributed by atoms with E-state index in [1.54, 1.807) is 18.6 Å². The van der Waals surface area contributed by atoms with E-state index in [-0.39, 0.29) is 11.7 Å². The van der Waals surface area contributed by atoms with Crippen LogP contribution in [0.15, 0.2) is 96.4 Å². The van der Waals surface area contributed by atoms with E-state index in [2.05, 4.69) is 34.2 Å². The third-order valence-electron chi connectivity index (χ3n) is 4.52. The molecule has 3 aromatic rings. The number of hydrogen-bond acceptors (Lipinski definition) is 3. The maximum atomic E-state index is 13.0. The van der Waals surface area contributed by atoms with Crippen molar-refractivity contribution in [2.45, 2.75) is 12.3 Å². The summed E-state index contributed by atoms with van der Waals surface area (Å²) >= 11 is 0. The highest BCUT2D eigenvalue weighted by Gasteiger charge is 2.25. The number of aromatic nitrogens is 1. The van der Waals surface area contributed by atoms with Crippen molar-refractivity contribution in [2.75, 3.05) is 0 Å². The molecule has 2 heterocycles. The Kier molecular flexibility index (Phi) is 4.52. The Morgan fingerprint density at radius 2 is 1.73 bits per heavy atom. The number of pyridine rings is 1. The first-order chi connectivity index (χ1) is 12.8. The highest BCUT2D eigenvalue weighted by Crippen LogP contribution is 2.27. The van der Waals surface area contributed by atoms with Gasteiger partial charge in [0.05, 0.1) is 11.6 Å². The summed E-state index contributed by atoms with van der Waals surface area (Å²) in [5.74, 6) is -0.232. The minimum atomic E-state index is -0.289. The maximum Gasteiger partial charge on any atom is 0.188 e. The summed E-state index contributed by atoms with van der Waals surface area (Å²) in [6.45, 7) is 0. The normalized spacial score (nSPS) is 16.4. The SMILES string of the molecule is O=C1C(Cc2cccnc2)=NC=CC1c1cccc(-c2ccccc2)c1. The van der Waals surface area contributed by atoms with E-state index in [9.17, 15) is 4.79 Å². The molecular weight excluding hydrogens is 320 g/mol. The van der Waals surface area contributed by atoms with Crippen LogP contribution in [0.4, 0.5) is 0 Å². The molecule has 0 saturated carbocycles. The number of carbonyl (C=O) groups is 1. The van der Waals surface area contributed by atoms with E-state index in [4.69, 9.17) is 0 Å². The molecule has 1 aromatic heterocycles.